The van der Waals surface area contributed by atoms with Gasteiger partial charge in [0.15, 0.2) is 11.5 Å². The summed E-state index contributed by atoms with van der Waals surface area (Å²) in [6.07, 6.45) is 2.70. The molecule has 2 N–H and O–H groups in total. The van der Waals surface area contributed by atoms with Crippen molar-refractivity contribution in [3.8, 4) is 11.5 Å². The molecule has 0 saturated carbocycles. The number of hydrogen-bond donors (Lipinski definition) is 2. The summed E-state index contributed by atoms with van der Waals surface area (Å²) in [6.45, 7) is 2.08. The van der Waals surface area contributed by atoms with E-state index in [-0.39, 0.29) is 23.7 Å². The van der Waals surface area contributed by atoms with Gasteiger partial charge in [0.2, 0.25) is 0 Å². The van der Waals surface area contributed by atoms with E-state index in [1.54, 1.807) is 14.2 Å². The van der Waals surface area contributed by atoms with Gasteiger partial charge in [-0.25, -0.2) is 0 Å². The molecule has 2 aliphatic rings. The third-order valence-electron chi connectivity index (χ3n) is 6.61. The van der Waals surface area contributed by atoms with E-state index >= 15 is 0 Å². The highest BCUT2D eigenvalue weighted by Crippen LogP contribution is 2.45. The van der Waals surface area contributed by atoms with Crippen molar-refractivity contribution < 1.29 is 14.3 Å². The Bertz CT molecular complexity index is 1220. The van der Waals surface area contributed by atoms with Crippen molar-refractivity contribution in [3.05, 3.63) is 95.2 Å². The SMILES string of the molecule is COc1ccc(C2Nc3ccccc3NC3=CC(c4ccc(C)cc4)CC(=O)C32)cc1OC. The van der Waals surface area contributed by atoms with E-state index in [0.29, 0.717) is 17.9 Å². The number of ether oxygens (including phenoxy) is 2. The van der Waals surface area contributed by atoms with Crippen LogP contribution in [0.2, 0.25) is 0 Å². The summed E-state index contributed by atoms with van der Waals surface area (Å²) in [4.78, 5) is 13.7. The van der Waals surface area contributed by atoms with Gasteiger partial charge in [-0.3, -0.25) is 4.79 Å². The van der Waals surface area contributed by atoms with Crippen LogP contribution in [-0.4, -0.2) is 20.0 Å². The quantitative estimate of drug-likeness (QED) is 0.533. The van der Waals surface area contributed by atoms with Crippen LogP contribution in [0.1, 0.15) is 35.1 Å². The van der Waals surface area contributed by atoms with Crippen molar-refractivity contribution in [1.82, 2.24) is 0 Å². The Kier molecular flexibility index (Phi) is 5.55. The number of methoxy groups -OCH3 is 2. The summed E-state index contributed by atoms with van der Waals surface area (Å²) in [6, 6.07) is 22.2. The molecule has 168 valence electrons. The smallest absolute Gasteiger partial charge is 0.161 e. The molecule has 0 bridgehead atoms. The molecule has 3 aromatic rings. The zero-order valence-corrected chi connectivity index (χ0v) is 19.1. The number of ketones is 1. The summed E-state index contributed by atoms with van der Waals surface area (Å²) < 4.78 is 11.0. The minimum Gasteiger partial charge on any atom is -0.493 e. The number of carbonyl (C=O) groups is 1. The standard InChI is InChI=1S/C28H28N2O3/c1-17-8-10-18(11-9-17)20-14-23-27(24(31)15-20)28(30-22-7-5-4-6-21(22)29-23)19-12-13-25(32-2)26(16-19)33-3/h4-14,16,20,27-30H,15H2,1-3H3. The molecular formula is C28H28N2O3. The molecule has 3 atom stereocenters. The number of hydrogen-bond acceptors (Lipinski definition) is 5. The summed E-state index contributed by atoms with van der Waals surface area (Å²) >= 11 is 0. The Balaban J connectivity index is 1.61. The van der Waals surface area contributed by atoms with Crippen LogP contribution in [0.5, 0.6) is 11.5 Å². The average molecular weight is 441 g/mol. The number of benzene rings is 3. The van der Waals surface area contributed by atoms with E-state index in [1.165, 1.54) is 5.56 Å². The second-order valence-corrected chi connectivity index (χ2v) is 8.69. The third kappa shape index (κ3) is 3.95. The van der Waals surface area contributed by atoms with Crippen LogP contribution in [0, 0.1) is 12.8 Å². The van der Waals surface area contributed by atoms with Crippen molar-refractivity contribution in [1.29, 1.82) is 0 Å². The molecule has 5 heteroatoms. The van der Waals surface area contributed by atoms with Gasteiger partial charge < -0.3 is 20.1 Å². The molecular weight excluding hydrogens is 412 g/mol. The minimum atomic E-state index is -0.336. The number of anilines is 2. The molecule has 0 amide bonds. The second kappa shape index (κ2) is 8.66. The van der Waals surface area contributed by atoms with Crippen LogP contribution < -0.4 is 20.1 Å². The maximum absolute atomic E-state index is 13.7. The van der Waals surface area contributed by atoms with E-state index in [0.717, 1.165) is 28.2 Å². The highest BCUT2D eigenvalue weighted by Gasteiger charge is 2.40. The monoisotopic (exact) mass is 440 g/mol. The largest absolute Gasteiger partial charge is 0.493 e. The first-order valence-electron chi connectivity index (χ1n) is 11.2. The number of nitrogens with one attached hydrogen (secondary N) is 2. The van der Waals surface area contributed by atoms with Gasteiger partial charge in [0, 0.05) is 18.0 Å². The lowest BCUT2D eigenvalue weighted by molar-refractivity contribution is -0.122. The number of allylic oxidation sites excluding steroid dienone is 1. The Morgan fingerprint density at radius 3 is 2.27 bits per heavy atom. The zero-order valence-electron chi connectivity index (χ0n) is 19.1. The summed E-state index contributed by atoms with van der Waals surface area (Å²) in [5, 5.41) is 7.21. The maximum atomic E-state index is 13.7. The Labute approximate surface area is 194 Å². The molecule has 0 spiro atoms. The van der Waals surface area contributed by atoms with Crippen LogP contribution in [0.4, 0.5) is 11.4 Å². The first kappa shape index (κ1) is 21.1. The van der Waals surface area contributed by atoms with Crippen molar-refractivity contribution in [2.45, 2.75) is 25.3 Å². The number of carbonyl (C=O) groups excluding carboxylic acids is 1. The molecule has 0 aromatic heterocycles. The van der Waals surface area contributed by atoms with Crippen LogP contribution in [0.25, 0.3) is 0 Å². The summed E-state index contributed by atoms with van der Waals surface area (Å²) in [5.41, 5.74) is 6.22. The molecule has 3 unspecified atom stereocenters. The molecule has 1 aliphatic heterocycles. The maximum Gasteiger partial charge on any atom is 0.161 e. The Hall–Kier alpha value is -3.73. The number of fused-ring (bicyclic) bond motifs is 2. The fourth-order valence-corrected chi connectivity index (χ4v) is 4.86. The van der Waals surface area contributed by atoms with E-state index < -0.39 is 0 Å². The highest BCUT2D eigenvalue weighted by atomic mass is 16.5. The lowest BCUT2D eigenvalue weighted by atomic mass is 9.76. The van der Waals surface area contributed by atoms with Gasteiger partial charge in [-0.2, -0.15) is 0 Å². The van der Waals surface area contributed by atoms with Gasteiger partial charge in [-0.15, -0.1) is 0 Å². The molecule has 5 rings (SSSR count). The highest BCUT2D eigenvalue weighted by molar-refractivity contribution is 5.90. The molecule has 0 fully saturated rings. The molecule has 1 heterocycles. The fourth-order valence-electron chi connectivity index (χ4n) is 4.86. The third-order valence-corrected chi connectivity index (χ3v) is 6.61. The van der Waals surface area contributed by atoms with Gasteiger partial charge >= 0.3 is 0 Å². The zero-order chi connectivity index (χ0) is 22.9. The predicted molar refractivity (Wildman–Crippen MR) is 131 cm³/mol. The van der Waals surface area contributed by atoms with Crippen molar-refractivity contribution in [2.24, 2.45) is 5.92 Å². The van der Waals surface area contributed by atoms with E-state index in [4.69, 9.17) is 9.47 Å². The van der Waals surface area contributed by atoms with Gasteiger partial charge in [-0.1, -0.05) is 54.1 Å². The van der Waals surface area contributed by atoms with Gasteiger partial charge in [0.05, 0.1) is 37.6 Å². The molecule has 3 aromatic carbocycles. The molecule has 1 aliphatic carbocycles. The van der Waals surface area contributed by atoms with Gasteiger partial charge in [0.25, 0.3) is 0 Å². The van der Waals surface area contributed by atoms with Crippen molar-refractivity contribution >= 4 is 17.2 Å². The lowest BCUT2D eigenvalue weighted by Gasteiger charge is -2.32. The predicted octanol–water partition coefficient (Wildman–Crippen LogP) is 5.85. The second-order valence-electron chi connectivity index (χ2n) is 8.69. The molecule has 0 saturated heterocycles. The first-order valence-corrected chi connectivity index (χ1v) is 11.2. The molecule has 5 nitrogen and oxygen atoms in total. The Morgan fingerprint density at radius 1 is 0.848 bits per heavy atom. The van der Waals surface area contributed by atoms with E-state index in [2.05, 4.69) is 47.9 Å². The number of para-hydroxylation sites is 2. The van der Waals surface area contributed by atoms with Crippen LogP contribution in [0.3, 0.4) is 0 Å². The average Bonchev–Trinajstić information content (AvgIpc) is 3.01. The molecule has 0 radical (unpaired) electrons. The number of rotatable bonds is 4. The summed E-state index contributed by atoms with van der Waals surface area (Å²) in [5.74, 6) is 1.24. The van der Waals surface area contributed by atoms with Crippen LogP contribution in [-0.2, 0) is 4.79 Å². The van der Waals surface area contributed by atoms with Crippen molar-refractivity contribution in [3.63, 3.8) is 0 Å². The minimum absolute atomic E-state index is 0.0492. The van der Waals surface area contributed by atoms with E-state index in [1.807, 2.05) is 42.5 Å². The van der Waals surface area contributed by atoms with Crippen molar-refractivity contribution in [2.75, 3.05) is 24.9 Å². The van der Waals surface area contributed by atoms with Gasteiger partial charge in [-0.05, 0) is 42.3 Å². The van der Waals surface area contributed by atoms with Crippen LogP contribution in [0.15, 0.2) is 78.5 Å². The Morgan fingerprint density at radius 2 is 1.55 bits per heavy atom. The normalized spacial score (nSPS) is 21.5. The van der Waals surface area contributed by atoms with E-state index in [9.17, 15) is 4.79 Å². The summed E-state index contributed by atoms with van der Waals surface area (Å²) in [7, 11) is 3.25. The lowest BCUT2D eigenvalue weighted by Crippen LogP contribution is -2.33. The van der Waals surface area contributed by atoms with Gasteiger partial charge in [0.1, 0.15) is 5.78 Å². The molecule has 33 heavy (non-hydrogen) atoms. The fraction of sp³-hybridized carbons (Fsp3) is 0.250. The van der Waals surface area contributed by atoms with Crippen LogP contribution >= 0.6 is 0 Å². The topological polar surface area (TPSA) is 59.6 Å². The first-order chi connectivity index (χ1) is 16.1. The number of Topliss-reactive ketones (excluding diaryl/α,β-unsaturated/α-hetero) is 1. The number of aryl methyl sites for hydroxylation is 1.